The highest BCUT2D eigenvalue weighted by Gasteiger charge is 2.15. The number of rotatable bonds is 7. The van der Waals surface area contributed by atoms with Gasteiger partial charge in [0.1, 0.15) is 0 Å². The van der Waals surface area contributed by atoms with Crippen molar-refractivity contribution >= 4 is 17.6 Å². The zero-order valence-corrected chi connectivity index (χ0v) is 13.9. The maximum absolute atomic E-state index is 14.4. The molecule has 0 saturated heterocycles. The molecule has 0 spiro atoms. The Morgan fingerprint density at radius 1 is 1.40 bits per heavy atom. The highest BCUT2D eigenvalue weighted by molar-refractivity contribution is 7.98. The van der Waals surface area contributed by atoms with Crippen molar-refractivity contribution in [2.75, 3.05) is 17.3 Å². The first-order valence-corrected chi connectivity index (χ1v) is 8.40. The molecule has 0 aliphatic rings. The topological polar surface area (TPSA) is 37.0 Å². The first-order chi connectivity index (χ1) is 9.37. The molecular formula is C15H26FN3S. The molecule has 114 valence electrons. The number of hydrogen-bond donors (Lipinski definition) is 2. The molecule has 0 bridgehead atoms. The van der Waals surface area contributed by atoms with Crippen LogP contribution < -0.4 is 10.6 Å². The average Bonchev–Trinajstić information content (AvgIpc) is 2.38. The molecule has 1 rings (SSSR count). The monoisotopic (exact) mass is 299 g/mol. The Labute approximate surface area is 126 Å². The molecule has 0 saturated carbocycles. The van der Waals surface area contributed by atoms with Crippen molar-refractivity contribution in [1.29, 1.82) is 0 Å². The van der Waals surface area contributed by atoms with Gasteiger partial charge in [-0.3, -0.25) is 0 Å². The van der Waals surface area contributed by atoms with Crippen LogP contribution in [0.25, 0.3) is 0 Å². The van der Waals surface area contributed by atoms with Crippen molar-refractivity contribution in [2.24, 2.45) is 0 Å². The smallest absolute Gasteiger partial charge is 0.169 e. The summed E-state index contributed by atoms with van der Waals surface area (Å²) >= 11 is 1.75. The summed E-state index contributed by atoms with van der Waals surface area (Å²) in [5.41, 5.74) is 0.616. The molecule has 1 aromatic rings. The summed E-state index contributed by atoms with van der Waals surface area (Å²) in [4.78, 5) is 4.13. The van der Waals surface area contributed by atoms with Crippen LogP contribution in [0.4, 0.5) is 10.2 Å². The SMILES string of the molecule is CCC(CSC)Nc1nccc(CNC(C)(C)C)c1F. The molecule has 3 nitrogen and oxygen atoms in total. The van der Waals surface area contributed by atoms with Crippen molar-refractivity contribution in [2.45, 2.75) is 52.2 Å². The Morgan fingerprint density at radius 2 is 2.10 bits per heavy atom. The first-order valence-electron chi connectivity index (χ1n) is 7.01. The largest absolute Gasteiger partial charge is 0.364 e. The maximum atomic E-state index is 14.4. The fourth-order valence-electron chi connectivity index (χ4n) is 1.74. The minimum Gasteiger partial charge on any atom is -0.364 e. The van der Waals surface area contributed by atoms with E-state index in [-0.39, 0.29) is 17.4 Å². The van der Waals surface area contributed by atoms with Gasteiger partial charge in [-0.15, -0.1) is 0 Å². The number of nitrogens with one attached hydrogen (secondary N) is 2. The lowest BCUT2D eigenvalue weighted by Crippen LogP contribution is -2.35. The van der Waals surface area contributed by atoms with Crippen LogP contribution in [0, 0.1) is 5.82 Å². The Balaban J connectivity index is 2.78. The highest BCUT2D eigenvalue weighted by atomic mass is 32.2. The quantitative estimate of drug-likeness (QED) is 0.805. The lowest BCUT2D eigenvalue weighted by molar-refractivity contribution is 0.418. The number of pyridine rings is 1. The lowest BCUT2D eigenvalue weighted by Gasteiger charge is -2.22. The van der Waals surface area contributed by atoms with Crippen LogP contribution in [0.5, 0.6) is 0 Å². The summed E-state index contributed by atoms with van der Waals surface area (Å²) in [7, 11) is 0. The summed E-state index contributed by atoms with van der Waals surface area (Å²) in [5, 5.41) is 6.50. The molecule has 1 heterocycles. The van der Waals surface area contributed by atoms with E-state index in [1.54, 1.807) is 24.0 Å². The van der Waals surface area contributed by atoms with E-state index in [0.717, 1.165) is 12.2 Å². The number of thioether (sulfide) groups is 1. The molecule has 0 aromatic carbocycles. The van der Waals surface area contributed by atoms with Gasteiger partial charge < -0.3 is 10.6 Å². The normalized spacial score (nSPS) is 13.3. The van der Waals surface area contributed by atoms with E-state index in [0.29, 0.717) is 17.9 Å². The van der Waals surface area contributed by atoms with Crippen LogP contribution in [-0.2, 0) is 6.54 Å². The minimum atomic E-state index is -0.246. The number of anilines is 1. The fourth-order valence-corrected chi connectivity index (χ4v) is 2.46. The Morgan fingerprint density at radius 3 is 2.65 bits per heavy atom. The van der Waals surface area contributed by atoms with Crippen LogP contribution in [0.2, 0.25) is 0 Å². The molecule has 0 amide bonds. The average molecular weight is 299 g/mol. The number of hydrogen-bond acceptors (Lipinski definition) is 4. The van der Waals surface area contributed by atoms with Gasteiger partial charge in [0.2, 0.25) is 0 Å². The second-order valence-corrected chi connectivity index (χ2v) is 6.85. The van der Waals surface area contributed by atoms with Crippen LogP contribution in [-0.4, -0.2) is 28.6 Å². The Bertz CT molecular complexity index is 418. The molecule has 5 heteroatoms. The predicted molar refractivity (Wildman–Crippen MR) is 86.9 cm³/mol. The van der Waals surface area contributed by atoms with Gasteiger partial charge in [-0.2, -0.15) is 11.8 Å². The molecule has 0 fully saturated rings. The van der Waals surface area contributed by atoms with Gasteiger partial charge in [-0.25, -0.2) is 9.37 Å². The van der Waals surface area contributed by atoms with E-state index in [1.165, 1.54) is 0 Å². The second-order valence-electron chi connectivity index (χ2n) is 5.94. The lowest BCUT2D eigenvalue weighted by atomic mass is 10.1. The standard InChI is InChI=1S/C15H26FN3S/c1-6-12(10-20-5)19-14-13(16)11(7-8-17-14)9-18-15(2,3)4/h7-8,12,18H,6,9-10H2,1-5H3,(H,17,19). The molecule has 1 aromatic heterocycles. The van der Waals surface area contributed by atoms with Gasteiger partial charge in [-0.05, 0) is 39.5 Å². The zero-order valence-electron chi connectivity index (χ0n) is 13.1. The third-order valence-electron chi connectivity index (χ3n) is 2.98. The van der Waals surface area contributed by atoms with Gasteiger partial charge in [0.25, 0.3) is 0 Å². The number of nitrogens with zero attached hydrogens (tertiary/aromatic N) is 1. The summed E-state index contributed by atoms with van der Waals surface area (Å²) in [6.07, 6.45) is 4.67. The molecule has 1 atom stereocenters. The van der Waals surface area contributed by atoms with Crippen molar-refractivity contribution < 1.29 is 4.39 Å². The zero-order chi connectivity index (χ0) is 15.2. The summed E-state index contributed by atoms with van der Waals surface area (Å²) < 4.78 is 14.4. The minimum absolute atomic E-state index is 0.0336. The Kier molecular flexibility index (Phi) is 6.76. The van der Waals surface area contributed by atoms with E-state index in [2.05, 4.69) is 49.6 Å². The fraction of sp³-hybridized carbons (Fsp3) is 0.667. The van der Waals surface area contributed by atoms with Gasteiger partial charge in [0.05, 0.1) is 0 Å². The third-order valence-corrected chi connectivity index (χ3v) is 3.72. The summed E-state index contributed by atoms with van der Waals surface area (Å²) in [6.45, 7) is 8.80. The van der Waals surface area contributed by atoms with Crippen molar-refractivity contribution in [1.82, 2.24) is 10.3 Å². The van der Waals surface area contributed by atoms with Crippen molar-refractivity contribution in [3.05, 3.63) is 23.6 Å². The van der Waals surface area contributed by atoms with E-state index < -0.39 is 0 Å². The molecule has 1 unspecified atom stereocenters. The van der Waals surface area contributed by atoms with E-state index >= 15 is 0 Å². The molecule has 20 heavy (non-hydrogen) atoms. The maximum Gasteiger partial charge on any atom is 0.169 e. The Hall–Kier alpha value is -0.810. The van der Waals surface area contributed by atoms with Gasteiger partial charge >= 0.3 is 0 Å². The first kappa shape index (κ1) is 17.2. The molecule has 0 radical (unpaired) electrons. The van der Waals surface area contributed by atoms with Crippen LogP contribution in [0.3, 0.4) is 0 Å². The van der Waals surface area contributed by atoms with Crippen molar-refractivity contribution in [3.63, 3.8) is 0 Å². The number of aromatic nitrogens is 1. The van der Waals surface area contributed by atoms with Crippen LogP contribution in [0.15, 0.2) is 12.3 Å². The molecular weight excluding hydrogens is 273 g/mol. The van der Waals surface area contributed by atoms with Gasteiger partial charge in [0.15, 0.2) is 11.6 Å². The third kappa shape index (κ3) is 5.67. The van der Waals surface area contributed by atoms with Gasteiger partial charge in [0, 0.05) is 35.6 Å². The molecule has 0 aliphatic heterocycles. The predicted octanol–water partition coefficient (Wildman–Crippen LogP) is 3.66. The van der Waals surface area contributed by atoms with E-state index in [1.807, 2.05) is 0 Å². The molecule has 2 N–H and O–H groups in total. The van der Waals surface area contributed by atoms with E-state index in [9.17, 15) is 4.39 Å². The van der Waals surface area contributed by atoms with E-state index in [4.69, 9.17) is 0 Å². The number of halogens is 1. The summed E-state index contributed by atoms with van der Waals surface area (Å²) in [5.74, 6) is 1.06. The summed E-state index contributed by atoms with van der Waals surface area (Å²) in [6, 6.07) is 1.98. The van der Waals surface area contributed by atoms with Crippen molar-refractivity contribution in [3.8, 4) is 0 Å². The molecule has 0 aliphatic carbocycles. The van der Waals surface area contributed by atoms with Crippen LogP contribution >= 0.6 is 11.8 Å². The highest BCUT2D eigenvalue weighted by Crippen LogP contribution is 2.18. The second kappa shape index (κ2) is 7.84. The van der Waals surface area contributed by atoms with Crippen LogP contribution in [0.1, 0.15) is 39.7 Å². The van der Waals surface area contributed by atoms with Gasteiger partial charge in [-0.1, -0.05) is 6.92 Å².